The molecule has 7 nitrogen and oxygen atoms in total. The average Bonchev–Trinajstić information content (AvgIpc) is 2.41. The molecule has 1 saturated carbocycles. The van der Waals surface area contributed by atoms with E-state index in [-0.39, 0.29) is 23.5 Å². The topological polar surface area (TPSA) is 123 Å². The molecule has 0 saturated heterocycles. The highest BCUT2D eigenvalue weighted by Crippen LogP contribution is 2.21. The lowest BCUT2D eigenvalue weighted by Crippen LogP contribution is -2.43. The summed E-state index contributed by atoms with van der Waals surface area (Å²) in [7, 11) is 0. The Bertz CT molecular complexity index is 682. The molecular weight excluding hydrogens is 256 g/mol. The number of nitrogens with one attached hydrogen (secondary N) is 2. The summed E-state index contributed by atoms with van der Waals surface area (Å²) < 4.78 is 0. The number of aromatic amines is 1. The van der Waals surface area contributed by atoms with Gasteiger partial charge in [-0.15, -0.1) is 0 Å². The van der Waals surface area contributed by atoms with Crippen molar-refractivity contribution < 1.29 is 0 Å². The van der Waals surface area contributed by atoms with Crippen LogP contribution in [0.25, 0.3) is 10.9 Å². The number of H-pyrrole nitrogens is 1. The van der Waals surface area contributed by atoms with Gasteiger partial charge < -0.3 is 21.8 Å². The fraction of sp³-hybridized carbons (Fsp3) is 0.462. The molecule has 6 N–H and O–H groups in total. The molecule has 0 aliphatic heterocycles. The zero-order valence-electron chi connectivity index (χ0n) is 11.1. The van der Waals surface area contributed by atoms with Crippen LogP contribution in [0.5, 0.6) is 0 Å². The molecule has 0 aromatic carbocycles. The second kappa shape index (κ2) is 5.09. The molecule has 7 heteroatoms. The van der Waals surface area contributed by atoms with Gasteiger partial charge in [0.2, 0.25) is 5.95 Å². The fourth-order valence-corrected chi connectivity index (χ4v) is 2.69. The van der Waals surface area contributed by atoms with Crippen molar-refractivity contribution in [1.29, 1.82) is 0 Å². The highest BCUT2D eigenvalue weighted by atomic mass is 16.1. The highest BCUT2D eigenvalue weighted by molar-refractivity contribution is 5.87. The van der Waals surface area contributed by atoms with Crippen LogP contribution in [0.15, 0.2) is 17.1 Å². The number of fused-ring (bicyclic) bond motifs is 1. The van der Waals surface area contributed by atoms with Gasteiger partial charge in [0.05, 0.1) is 5.52 Å². The zero-order valence-corrected chi connectivity index (χ0v) is 11.1. The minimum absolute atomic E-state index is 0.100. The predicted octanol–water partition coefficient (Wildman–Crippen LogP) is 0.582. The molecule has 20 heavy (non-hydrogen) atoms. The number of anilines is 2. The molecule has 3 rings (SSSR count). The predicted molar refractivity (Wildman–Crippen MR) is 78.4 cm³/mol. The first-order chi connectivity index (χ1) is 9.65. The number of nitrogens with zero attached hydrogens (tertiary/aromatic N) is 2. The van der Waals surface area contributed by atoms with Gasteiger partial charge in [-0.05, 0) is 18.9 Å². The van der Waals surface area contributed by atoms with Crippen LogP contribution in [0.4, 0.5) is 11.8 Å². The first-order valence-corrected chi connectivity index (χ1v) is 6.82. The monoisotopic (exact) mass is 274 g/mol. The Morgan fingerprint density at radius 3 is 2.90 bits per heavy atom. The van der Waals surface area contributed by atoms with Crippen LogP contribution >= 0.6 is 0 Å². The second-order valence-electron chi connectivity index (χ2n) is 5.20. The van der Waals surface area contributed by atoms with Gasteiger partial charge in [0.1, 0.15) is 11.2 Å². The molecule has 0 spiro atoms. The third kappa shape index (κ3) is 2.32. The molecule has 0 radical (unpaired) electrons. The van der Waals surface area contributed by atoms with Crippen LogP contribution in [0.3, 0.4) is 0 Å². The van der Waals surface area contributed by atoms with Gasteiger partial charge >= 0.3 is 0 Å². The Kier molecular flexibility index (Phi) is 3.27. The largest absolute Gasteiger partial charge is 0.383 e. The van der Waals surface area contributed by atoms with E-state index < -0.39 is 0 Å². The maximum absolute atomic E-state index is 11.7. The number of rotatable bonds is 2. The van der Waals surface area contributed by atoms with Crippen LogP contribution < -0.4 is 22.3 Å². The molecule has 2 heterocycles. The molecule has 0 amide bonds. The standard InChI is InChI=1S/C13H18N6O/c14-7-3-1-2-4-8(7)17-13-18-9-5-6-16-12(20)10(9)11(15)19-13/h5-8H,1-4,14H2,(H,16,20)(H3,15,17,18,19)/t7-,8+/m0/s1. The maximum Gasteiger partial charge on any atom is 0.261 e. The maximum atomic E-state index is 11.7. The van der Waals surface area contributed by atoms with Crippen molar-refractivity contribution in [3.8, 4) is 0 Å². The molecule has 0 unspecified atom stereocenters. The smallest absolute Gasteiger partial charge is 0.261 e. The summed E-state index contributed by atoms with van der Waals surface area (Å²) in [4.78, 5) is 22.8. The summed E-state index contributed by atoms with van der Waals surface area (Å²) in [6, 6.07) is 1.96. The lowest BCUT2D eigenvalue weighted by atomic mass is 9.91. The molecule has 1 aliphatic rings. The molecule has 2 aromatic rings. The van der Waals surface area contributed by atoms with Crippen LogP contribution in [0.1, 0.15) is 25.7 Å². The van der Waals surface area contributed by atoms with E-state index in [1.165, 1.54) is 0 Å². The van der Waals surface area contributed by atoms with E-state index in [4.69, 9.17) is 11.5 Å². The van der Waals surface area contributed by atoms with Gasteiger partial charge in [0.25, 0.3) is 5.56 Å². The molecule has 1 aliphatic carbocycles. The van der Waals surface area contributed by atoms with E-state index >= 15 is 0 Å². The van der Waals surface area contributed by atoms with Crippen LogP contribution in [-0.2, 0) is 0 Å². The molecule has 0 bridgehead atoms. The van der Waals surface area contributed by atoms with Gasteiger partial charge in [0.15, 0.2) is 0 Å². The first-order valence-electron chi connectivity index (χ1n) is 6.82. The summed E-state index contributed by atoms with van der Waals surface area (Å²) in [5, 5.41) is 3.57. The Labute approximate surface area is 115 Å². The van der Waals surface area contributed by atoms with Gasteiger partial charge in [-0.3, -0.25) is 4.79 Å². The van der Waals surface area contributed by atoms with Gasteiger partial charge in [-0.25, -0.2) is 4.98 Å². The highest BCUT2D eigenvalue weighted by Gasteiger charge is 2.22. The van der Waals surface area contributed by atoms with Gasteiger partial charge in [-0.1, -0.05) is 12.8 Å². The van der Waals surface area contributed by atoms with Gasteiger partial charge in [0, 0.05) is 18.3 Å². The Morgan fingerprint density at radius 2 is 2.10 bits per heavy atom. The Balaban J connectivity index is 1.94. The number of nitrogens with two attached hydrogens (primary N) is 2. The molecular formula is C13H18N6O. The summed E-state index contributed by atoms with van der Waals surface area (Å²) in [5.41, 5.74) is 12.2. The van der Waals surface area contributed by atoms with Crippen molar-refractivity contribution in [3.63, 3.8) is 0 Å². The van der Waals surface area contributed by atoms with E-state index in [2.05, 4.69) is 20.3 Å². The number of aromatic nitrogens is 3. The number of nitrogen functional groups attached to an aromatic ring is 1. The van der Waals surface area contributed by atoms with E-state index in [0.29, 0.717) is 16.9 Å². The van der Waals surface area contributed by atoms with Crippen molar-refractivity contribution in [1.82, 2.24) is 15.0 Å². The number of hydrogen-bond acceptors (Lipinski definition) is 6. The lowest BCUT2D eigenvalue weighted by Gasteiger charge is -2.29. The van der Waals surface area contributed by atoms with E-state index in [9.17, 15) is 4.79 Å². The van der Waals surface area contributed by atoms with Crippen LogP contribution in [0, 0.1) is 0 Å². The normalized spacial score (nSPS) is 22.9. The summed E-state index contributed by atoms with van der Waals surface area (Å²) in [6.45, 7) is 0. The SMILES string of the molecule is Nc1nc(N[C@@H]2CCCC[C@@H]2N)nc2cc[nH]c(=O)c12. The molecule has 1 fully saturated rings. The Hall–Kier alpha value is -2.15. The van der Waals surface area contributed by atoms with Crippen LogP contribution in [-0.4, -0.2) is 27.0 Å². The fourth-order valence-electron chi connectivity index (χ4n) is 2.69. The zero-order chi connectivity index (χ0) is 14.1. The van der Waals surface area contributed by atoms with E-state index in [0.717, 1.165) is 25.7 Å². The molecule has 106 valence electrons. The molecule has 2 aromatic heterocycles. The third-order valence-corrected chi connectivity index (χ3v) is 3.78. The van der Waals surface area contributed by atoms with Crippen molar-refractivity contribution in [2.75, 3.05) is 11.1 Å². The van der Waals surface area contributed by atoms with E-state index in [1.54, 1.807) is 12.3 Å². The average molecular weight is 274 g/mol. The number of pyridine rings is 1. The van der Waals surface area contributed by atoms with Crippen molar-refractivity contribution >= 4 is 22.7 Å². The summed E-state index contributed by atoms with van der Waals surface area (Å²) in [6.07, 6.45) is 5.86. The Morgan fingerprint density at radius 1 is 1.30 bits per heavy atom. The van der Waals surface area contributed by atoms with Crippen molar-refractivity contribution in [2.24, 2.45) is 5.73 Å². The minimum atomic E-state index is -0.277. The van der Waals surface area contributed by atoms with Crippen molar-refractivity contribution in [3.05, 3.63) is 22.6 Å². The molecule has 2 atom stereocenters. The first kappa shape index (κ1) is 12.9. The number of hydrogen-bond donors (Lipinski definition) is 4. The summed E-state index contributed by atoms with van der Waals surface area (Å²) >= 11 is 0. The van der Waals surface area contributed by atoms with Crippen LogP contribution in [0.2, 0.25) is 0 Å². The van der Waals surface area contributed by atoms with Gasteiger partial charge in [-0.2, -0.15) is 4.98 Å². The quantitative estimate of drug-likeness (QED) is 0.635. The van der Waals surface area contributed by atoms with E-state index in [1.807, 2.05) is 0 Å². The van der Waals surface area contributed by atoms with Crippen molar-refractivity contribution in [2.45, 2.75) is 37.8 Å². The summed E-state index contributed by atoms with van der Waals surface area (Å²) in [5.74, 6) is 0.617. The lowest BCUT2D eigenvalue weighted by molar-refractivity contribution is 0.402. The third-order valence-electron chi connectivity index (χ3n) is 3.78. The minimum Gasteiger partial charge on any atom is -0.383 e. The second-order valence-corrected chi connectivity index (χ2v) is 5.20.